The highest BCUT2D eigenvalue weighted by Gasteiger charge is 2.28. The Labute approximate surface area is 246 Å². The van der Waals surface area contributed by atoms with Gasteiger partial charge in [0, 0.05) is 12.8 Å². The van der Waals surface area contributed by atoms with Crippen LogP contribution in [0, 0.1) is 0 Å². The fraction of sp³-hybridized carbons (Fsp3) is 0.828. The third kappa shape index (κ3) is 25.6. The van der Waals surface area contributed by atoms with Crippen molar-refractivity contribution in [3.8, 4) is 0 Å². The van der Waals surface area contributed by atoms with Gasteiger partial charge in [0.2, 0.25) is 0 Å². The molecule has 0 bridgehead atoms. The van der Waals surface area contributed by atoms with E-state index in [0.29, 0.717) is 12.8 Å². The van der Waals surface area contributed by atoms with Gasteiger partial charge in [-0.1, -0.05) is 90.2 Å². The summed E-state index contributed by atoms with van der Waals surface area (Å²) >= 11 is 0. The molecule has 0 aromatic carbocycles. The molecule has 0 saturated heterocycles. The average molecular weight is 608 g/mol. The summed E-state index contributed by atoms with van der Waals surface area (Å²) in [6.45, 7) is 2.62. The monoisotopic (exact) mass is 607 g/mol. The fourth-order valence-electron chi connectivity index (χ4n) is 3.75. The summed E-state index contributed by atoms with van der Waals surface area (Å²) in [7, 11) is -4.69. The first kappa shape index (κ1) is 39.2. The van der Waals surface area contributed by atoms with Gasteiger partial charge in [0.05, 0.1) is 13.2 Å². The number of esters is 2. The van der Waals surface area contributed by atoms with Gasteiger partial charge >= 0.3 is 25.7 Å². The lowest BCUT2D eigenvalue weighted by atomic mass is 10.1. The van der Waals surface area contributed by atoms with E-state index in [1.54, 1.807) is 0 Å². The topological polar surface area (TPSA) is 172 Å². The minimum atomic E-state index is -4.69. The number of carbonyl (C=O) groups is 3. The average Bonchev–Trinajstić information content (AvgIpc) is 2.93. The molecule has 3 atom stereocenters. The van der Waals surface area contributed by atoms with Crippen molar-refractivity contribution in [1.29, 1.82) is 0 Å². The molecule has 0 radical (unpaired) electrons. The van der Waals surface area contributed by atoms with Crippen molar-refractivity contribution in [2.24, 2.45) is 5.73 Å². The van der Waals surface area contributed by atoms with E-state index in [1.807, 2.05) is 0 Å². The van der Waals surface area contributed by atoms with Crippen LogP contribution in [-0.4, -0.2) is 59.9 Å². The highest BCUT2D eigenvalue weighted by molar-refractivity contribution is 7.47. The van der Waals surface area contributed by atoms with Gasteiger partial charge in [-0.3, -0.25) is 23.4 Å². The molecule has 12 heteroatoms. The molecule has 0 spiro atoms. The van der Waals surface area contributed by atoms with Crippen LogP contribution >= 0.6 is 7.82 Å². The molecule has 0 amide bonds. The highest BCUT2D eigenvalue weighted by Crippen LogP contribution is 2.43. The first-order valence-electron chi connectivity index (χ1n) is 15.2. The third-order valence-electron chi connectivity index (χ3n) is 6.26. The zero-order valence-electron chi connectivity index (χ0n) is 25.1. The molecule has 0 aromatic rings. The maximum atomic E-state index is 12.4. The number of rotatable bonds is 28. The maximum Gasteiger partial charge on any atom is 0.472 e. The Balaban J connectivity index is 4.56. The highest BCUT2D eigenvalue weighted by atomic mass is 31.2. The number of nitrogens with two attached hydrogens (primary N) is 1. The molecule has 0 fully saturated rings. The second-order valence-corrected chi connectivity index (χ2v) is 11.7. The van der Waals surface area contributed by atoms with Crippen LogP contribution in [-0.2, 0) is 37.5 Å². The quantitative estimate of drug-likeness (QED) is 0.0399. The molecule has 41 heavy (non-hydrogen) atoms. The van der Waals surface area contributed by atoms with Crippen molar-refractivity contribution in [2.45, 2.75) is 135 Å². The van der Waals surface area contributed by atoms with E-state index in [1.165, 1.54) is 12.8 Å². The summed E-state index contributed by atoms with van der Waals surface area (Å²) in [5, 5.41) is 8.79. The molecule has 0 saturated carbocycles. The zero-order valence-corrected chi connectivity index (χ0v) is 26.0. The van der Waals surface area contributed by atoms with Gasteiger partial charge < -0.3 is 25.2 Å². The van der Waals surface area contributed by atoms with Crippen LogP contribution in [0.4, 0.5) is 0 Å². The Morgan fingerprint density at radius 2 is 1.24 bits per heavy atom. The number of unbranched alkanes of at least 4 members (excludes halogenated alkanes) is 12. The largest absolute Gasteiger partial charge is 0.480 e. The van der Waals surface area contributed by atoms with E-state index in [0.717, 1.165) is 70.6 Å². The van der Waals surface area contributed by atoms with Crippen molar-refractivity contribution in [1.82, 2.24) is 0 Å². The minimum absolute atomic E-state index is 0.153. The number of aliphatic carboxylic acids is 1. The van der Waals surface area contributed by atoms with Crippen LogP contribution in [0.5, 0.6) is 0 Å². The Kier molecular flexibility index (Phi) is 24.8. The van der Waals surface area contributed by atoms with Gasteiger partial charge in [0.15, 0.2) is 6.10 Å². The molecule has 11 nitrogen and oxygen atoms in total. The lowest BCUT2D eigenvalue weighted by molar-refractivity contribution is -0.161. The van der Waals surface area contributed by atoms with Crippen molar-refractivity contribution < 1.29 is 47.5 Å². The number of phosphoric ester groups is 1. The SMILES string of the molecule is CCCC/C=C\CCCCCCCC(=O)OC(COC(=O)CCCCCCCC)COP(=O)(O)OCC(N)C(=O)O. The number of carboxylic acid groups (broad SMARTS) is 1. The van der Waals surface area contributed by atoms with E-state index in [2.05, 4.69) is 30.5 Å². The third-order valence-corrected chi connectivity index (χ3v) is 7.21. The van der Waals surface area contributed by atoms with Gasteiger partial charge in [0.25, 0.3) is 0 Å². The van der Waals surface area contributed by atoms with Crippen LogP contribution in [0.25, 0.3) is 0 Å². The molecule has 0 aliphatic rings. The van der Waals surface area contributed by atoms with E-state index in [-0.39, 0.29) is 19.4 Å². The van der Waals surface area contributed by atoms with E-state index in [9.17, 15) is 23.8 Å². The molecule has 0 aliphatic heterocycles. The number of carboxylic acids is 1. The summed E-state index contributed by atoms with van der Waals surface area (Å²) in [5.41, 5.74) is 5.27. The lowest BCUT2D eigenvalue weighted by Crippen LogP contribution is -2.34. The maximum absolute atomic E-state index is 12.4. The van der Waals surface area contributed by atoms with E-state index < -0.39 is 51.1 Å². The van der Waals surface area contributed by atoms with Crippen molar-refractivity contribution in [3.05, 3.63) is 12.2 Å². The first-order chi connectivity index (χ1) is 19.6. The summed E-state index contributed by atoms with van der Waals surface area (Å²) in [6.07, 6.45) is 19.1. The van der Waals surface area contributed by atoms with E-state index >= 15 is 0 Å². The summed E-state index contributed by atoms with van der Waals surface area (Å²) in [6, 6.07) is -1.52. The number of phosphoric acid groups is 1. The normalized spacial score (nSPS) is 14.4. The van der Waals surface area contributed by atoms with Crippen molar-refractivity contribution in [3.63, 3.8) is 0 Å². The summed E-state index contributed by atoms with van der Waals surface area (Å²) < 4.78 is 32.2. The molecular formula is C29H54NO10P. The molecular weight excluding hydrogens is 553 g/mol. The number of ether oxygens (including phenoxy) is 2. The van der Waals surface area contributed by atoms with Crippen LogP contribution in [0.2, 0.25) is 0 Å². The number of hydrogen-bond acceptors (Lipinski definition) is 9. The molecule has 0 heterocycles. The molecule has 3 unspecified atom stereocenters. The Morgan fingerprint density at radius 3 is 1.85 bits per heavy atom. The van der Waals surface area contributed by atoms with Gasteiger partial charge in [0.1, 0.15) is 12.6 Å². The summed E-state index contributed by atoms with van der Waals surface area (Å²) in [5.74, 6) is -2.41. The van der Waals surface area contributed by atoms with Gasteiger partial charge in [-0.05, 0) is 32.1 Å². The second kappa shape index (κ2) is 25.9. The lowest BCUT2D eigenvalue weighted by Gasteiger charge is -2.20. The zero-order chi connectivity index (χ0) is 30.8. The Morgan fingerprint density at radius 1 is 0.732 bits per heavy atom. The fourth-order valence-corrected chi connectivity index (χ4v) is 4.53. The number of carbonyl (C=O) groups excluding carboxylic acids is 2. The molecule has 240 valence electrons. The van der Waals surface area contributed by atoms with Crippen molar-refractivity contribution >= 4 is 25.7 Å². The molecule has 4 N–H and O–H groups in total. The van der Waals surface area contributed by atoms with E-state index in [4.69, 9.17) is 24.8 Å². The minimum Gasteiger partial charge on any atom is -0.480 e. The van der Waals surface area contributed by atoms with Gasteiger partial charge in [-0.2, -0.15) is 0 Å². The molecule has 0 aromatic heterocycles. The standard InChI is InChI=1S/C29H54NO10P/c1-3-5-7-9-11-12-13-14-15-17-19-21-28(32)40-25(22-37-27(31)20-18-16-10-8-6-4-2)23-38-41(35,36)39-24-26(30)29(33)34/h9,11,25-26H,3-8,10,12-24,30H2,1-2H3,(H,33,34)(H,35,36)/b11-9-. The van der Waals surface area contributed by atoms with Crippen LogP contribution in [0.15, 0.2) is 12.2 Å². The number of allylic oxidation sites excluding steroid dienone is 2. The Bertz CT molecular complexity index is 777. The first-order valence-corrected chi connectivity index (χ1v) is 16.7. The molecule has 0 rings (SSSR count). The van der Waals surface area contributed by atoms with Crippen LogP contribution in [0.1, 0.15) is 123 Å². The van der Waals surface area contributed by atoms with Crippen molar-refractivity contribution in [2.75, 3.05) is 19.8 Å². The second-order valence-electron chi connectivity index (χ2n) is 10.2. The predicted octanol–water partition coefficient (Wildman–Crippen LogP) is 6.21. The number of hydrogen-bond donors (Lipinski definition) is 3. The predicted molar refractivity (Wildman–Crippen MR) is 157 cm³/mol. The van der Waals surface area contributed by atoms with Gasteiger partial charge in [-0.25, -0.2) is 4.57 Å². The molecule has 0 aliphatic carbocycles. The Hall–Kier alpha value is -1.78. The van der Waals surface area contributed by atoms with Crippen LogP contribution < -0.4 is 5.73 Å². The summed E-state index contributed by atoms with van der Waals surface area (Å²) in [4.78, 5) is 45.2. The smallest absolute Gasteiger partial charge is 0.472 e. The van der Waals surface area contributed by atoms with Gasteiger partial charge in [-0.15, -0.1) is 0 Å². The van der Waals surface area contributed by atoms with Crippen LogP contribution in [0.3, 0.4) is 0 Å².